The minimum absolute atomic E-state index is 0.0342. The van der Waals surface area contributed by atoms with E-state index < -0.39 is 29.7 Å². The Hall–Kier alpha value is -2.60. The van der Waals surface area contributed by atoms with Crippen LogP contribution in [0.3, 0.4) is 0 Å². The van der Waals surface area contributed by atoms with Crippen molar-refractivity contribution in [1.82, 2.24) is 4.72 Å². The summed E-state index contributed by atoms with van der Waals surface area (Å²) in [6.45, 7) is 6.35. The van der Waals surface area contributed by atoms with Crippen molar-refractivity contribution in [2.45, 2.75) is 30.4 Å². The van der Waals surface area contributed by atoms with Crippen molar-refractivity contribution in [3.05, 3.63) is 53.3 Å². The molecule has 41 heavy (non-hydrogen) atoms. The number of sulfonamides is 1. The molecule has 0 amide bonds. The Morgan fingerprint density at radius 2 is 1.76 bits per heavy atom. The second-order valence-corrected chi connectivity index (χ2v) is 14.2. The minimum Gasteiger partial charge on any atom is -0.768 e. The normalized spacial score (nSPS) is 13.3. The van der Waals surface area contributed by atoms with Gasteiger partial charge >= 0.3 is 0 Å². The average Bonchev–Trinajstić information content (AvgIpc) is 3.27. The lowest BCUT2D eigenvalue weighted by Gasteiger charge is -2.24. The topological polar surface area (TPSA) is 185 Å². The molecular weight excluding hydrogens is 592 g/mol. The molecule has 1 atom stereocenters. The van der Waals surface area contributed by atoms with Gasteiger partial charge in [-0.1, -0.05) is 0 Å². The molecule has 1 heterocycles. The highest BCUT2D eigenvalue weighted by molar-refractivity contribution is 7.92. The Morgan fingerprint density at radius 3 is 2.39 bits per heavy atom. The average molecular weight is 628 g/mol. The molecule has 0 bridgehead atoms. The molecule has 0 saturated heterocycles. The molecule has 2 aromatic carbocycles. The lowest BCUT2D eigenvalue weighted by molar-refractivity contribution is -0.900. The Labute approximate surface area is 243 Å². The van der Waals surface area contributed by atoms with Gasteiger partial charge in [-0.05, 0) is 55.9 Å². The van der Waals surface area contributed by atoms with Crippen LogP contribution in [0.15, 0.2) is 40.6 Å². The van der Waals surface area contributed by atoms with Gasteiger partial charge in [-0.15, -0.1) is 11.3 Å². The molecule has 15 heteroatoms. The first-order valence-electron chi connectivity index (χ1n) is 13.1. The van der Waals surface area contributed by atoms with Gasteiger partial charge in [-0.25, -0.2) is 17.5 Å². The van der Waals surface area contributed by atoms with Gasteiger partial charge in [0, 0.05) is 35.4 Å². The van der Waals surface area contributed by atoms with E-state index in [-0.39, 0.29) is 15.5 Å². The van der Waals surface area contributed by atoms with Gasteiger partial charge in [0.25, 0.3) is 10.0 Å². The molecule has 1 unspecified atom stereocenters. The lowest BCUT2D eigenvalue weighted by Crippen LogP contribution is -3.12. The highest BCUT2D eigenvalue weighted by atomic mass is 32.2. The monoisotopic (exact) mass is 627 g/mol. The molecule has 0 spiro atoms. The van der Waals surface area contributed by atoms with Gasteiger partial charge in [0.1, 0.15) is 27.6 Å². The first-order valence-corrected chi connectivity index (χ1v) is 17.1. The third-order valence-electron chi connectivity index (χ3n) is 6.27. The number of rotatable bonds is 17. The smallest absolute Gasteiger partial charge is 0.250 e. The van der Waals surface area contributed by atoms with Gasteiger partial charge in [0.2, 0.25) is 0 Å². The summed E-state index contributed by atoms with van der Waals surface area (Å²) in [5, 5.41) is 9.47. The number of halogens is 1. The van der Waals surface area contributed by atoms with E-state index in [9.17, 15) is 22.3 Å². The summed E-state index contributed by atoms with van der Waals surface area (Å²) >= 11 is 1.01. The number of hydrogen-bond donors (Lipinski definition) is 4. The maximum Gasteiger partial charge on any atom is 0.250 e. The van der Waals surface area contributed by atoms with Crippen LogP contribution >= 0.6 is 18.9 Å². The number of thiophene rings is 1. The molecular formula is C26H35FN5O6PS2. The Kier molecular flexibility index (Phi) is 12.1. The molecule has 224 valence electrons. The number of fused-ring (bicyclic) bond motifs is 1. The molecule has 1 aromatic heterocycles. The van der Waals surface area contributed by atoms with Crippen LogP contribution in [0, 0.1) is 24.1 Å². The van der Waals surface area contributed by atoms with Crippen molar-refractivity contribution in [2.24, 2.45) is 11.5 Å². The number of nitrogens with two attached hydrogens (primary N) is 2. The van der Waals surface area contributed by atoms with Crippen molar-refractivity contribution in [3.8, 4) is 17.6 Å². The molecule has 3 rings (SSSR count). The minimum atomic E-state index is -4.79. The Bertz CT molecular complexity index is 1520. The second kappa shape index (κ2) is 15.0. The van der Waals surface area contributed by atoms with Crippen molar-refractivity contribution in [3.63, 3.8) is 0 Å². The summed E-state index contributed by atoms with van der Waals surface area (Å²) in [4.78, 5) is 13.8. The zero-order valence-electron chi connectivity index (χ0n) is 22.7. The van der Waals surface area contributed by atoms with Crippen LogP contribution in [0.25, 0.3) is 10.1 Å². The number of nitrogens with zero attached hydrogens (tertiary/aromatic N) is 1. The van der Waals surface area contributed by atoms with Crippen LogP contribution < -0.4 is 35.2 Å². The molecule has 0 radical (unpaired) electrons. The lowest BCUT2D eigenvalue weighted by atomic mass is 10.2. The fraction of sp³-hybridized carbons (Fsp3) is 0.423. The molecule has 6 N–H and O–H groups in total. The summed E-state index contributed by atoms with van der Waals surface area (Å²) < 4.78 is 65.6. The number of hydrogen-bond acceptors (Lipinski definition) is 10. The van der Waals surface area contributed by atoms with Gasteiger partial charge in [-0.2, -0.15) is 5.26 Å². The second-order valence-electron chi connectivity index (χ2n) is 9.42. The molecule has 0 aliphatic heterocycles. The summed E-state index contributed by atoms with van der Waals surface area (Å²) in [7, 11) is -9.01. The predicted molar refractivity (Wildman–Crippen MR) is 154 cm³/mol. The predicted octanol–water partition coefficient (Wildman–Crippen LogP) is 1.44. The third kappa shape index (κ3) is 9.46. The number of ether oxygens (including phenoxy) is 1. The van der Waals surface area contributed by atoms with Crippen LogP contribution in [0.5, 0.6) is 11.5 Å². The number of benzene rings is 2. The largest absolute Gasteiger partial charge is 0.768 e. The van der Waals surface area contributed by atoms with Gasteiger partial charge < -0.3 is 30.5 Å². The van der Waals surface area contributed by atoms with Crippen LogP contribution in [0.2, 0.25) is 0 Å². The highest BCUT2D eigenvalue weighted by Crippen LogP contribution is 2.40. The number of quaternary nitrogens is 1. The van der Waals surface area contributed by atoms with E-state index in [2.05, 4.69) is 4.72 Å². The maximum atomic E-state index is 13.8. The Morgan fingerprint density at radius 1 is 1.10 bits per heavy atom. The summed E-state index contributed by atoms with van der Waals surface area (Å²) in [6, 6.07) is 9.84. The fourth-order valence-corrected chi connectivity index (χ4v) is 8.44. The Balaban J connectivity index is 1.62. The summed E-state index contributed by atoms with van der Waals surface area (Å²) in [6.07, 6.45) is 1.69. The zero-order valence-corrected chi connectivity index (χ0v) is 25.3. The highest BCUT2D eigenvalue weighted by Gasteiger charge is 2.24. The first kappa shape index (κ1) is 32.9. The molecule has 0 saturated carbocycles. The standard InChI is InChI=1S/C26H35FN5O6PS2/c1-19-23-15-21(37-14-4-13-32(11-2-9-28)12-3-10-29)7-8-25(23)40-26(19)41(35,36)31-18-39(33,34)38-22-6-5-20(17-30)24(27)16-22/h5-8,15-16,31H,2-4,9-14,18,28-29H2,1H3,(H,33,34). The van der Waals surface area contributed by atoms with Crippen LogP contribution in [-0.2, 0) is 14.6 Å². The molecule has 11 nitrogen and oxygen atoms in total. The SMILES string of the molecule is Cc1c(S(=O)(=O)NCP(=O)([O-])Oc2ccc(C#N)c(F)c2)sc2ccc(OCCC[NH+](CCCN)CCCN)cc12. The van der Waals surface area contributed by atoms with Crippen molar-refractivity contribution >= 4 is 39.0 Å². The van der Waals surface area contributed by atoms with Crippen molar-refractivity contribution in [1.29, 1.82) is 5.26 Å². The molecule has 0 aliphatic rings. The fourth-order valence-electron chi connectivity index (χ4n) is 4.18. The summed E-state index contributed by atoms with van der Waals surface area (Å²) in [5.74, 6) is -0.722. The quantitative estimate of drug-likeness (QED) is 0.127. The van der Waals surface area contributed by atoms with E-state index in [1.807, 2.05) is 0 Å². The van der Waals surface area contributed by atoms with E-state index >= 15 is 0 Å². The number of nitriles is 1. The molecule has 0 aliphatic carbocycles. The van der Waals surface area contributed by atoms with Gasteiger partial charge in [-0.3, -0.25) is 4.57 Å². The molecule has 0 fully saturated rings. The van der Waals surface area contributed by atoms with Crippen LogP contribution in [-0.4, -0.2) is 54.0 Å². The van der Waals surface area contributed by atoms with Gasteiger partial charge in [0.05, 0.1) is 38.1 Å². The molecule has 3 aromatic rings. The van der Waals surface area contributed by atoms with Gasteiger partial charge in [0.15, 0.2) is 7.60 Å². The third-order valence-corrected chi connectivity index (χ3v) is 10.8. The van der Waals surface area contributed by atoms with Crippen molar-refractivity contribution in [2.75, 3.05) is 45.6 Å². The number of nitrogens with one attached hydrogen (secondary N) is 2. The van der Waals surface area contributed by atoms with E-state index in [1.54, 1.807) is 31.2 Å². The van der Waals surface area contributed by atoms with Crippen LogP contribution in [0.4, 0.5) is 4.39 Å². The van der Waals surface area contributed by atoms with E-state index in [0.717, 1.165) is 68.4 Å². The maximum absolute atomic E-state index is 13.8. The van der Waals surface area contributed by atoms with E-state index in [0.29, 0.717) is 41.1 Å². The van der Waals surface area contributed by atoms with E-state index in [1.165, 1.54) is 4.90 Å². The zero-order chi connectivity index (χ0) is 30.0. The van der Waals surface area contributed by atoms with Crippen LogP contribution in [0.1, 0.15) is 30.4 Å². The van der Waals surface area contributed by atoms with Crippen molar-refractivity contribution < 1.29 is 36.4 Å². The summed E-state index contributed by atoms with van der Waals surface area (Å²) in [5.41, 5.74) is 11.5. The van der Waals surface area contributed by atoms with E-state index in [4.69, 9.17) is 26.0 Å². The number of aryl methyl sites for hydroxylation is 1. The first-order chi connectivity index (χ1) is 19.5.